The molecule has 0 bridgehead atoms. The summed E-state index contributed by atoms with van der Waals surface area (Å²) in [6.07, 6.45) is 5.13. The molecule has 1 saturated carbocycles. The number of nitrogens with one attached hydrogen (secondary N) is 1. The first kappa shape index (κ1) is 14.6. The first-order valence-electron chi connectivity index (χ1n) is 7.75. The van der Waals surface area contributed by atoms with Gasteiger partial charge in [0.1, 0.15) is 5.82 Å². The molecule has 3 nitrogen and oxygen atoms in total. The number of rotatable bonds is 4. The van der Waals surface area contributed by atoms with Crippen molar-refractivity contribution >= 4 is 21.7 Å². The molecule has 4 heteroatoms. The fraction of sp³-hybridized carbons (Fsp3) is 0.471. The summed E-state index contributed by atoms with van der Waals surface area (Å²) in [4.78, 5) is 0. The zero-order chi connectivity index (χ0) is 14.8. The lowest BCUT2D eigenvalue weighted by Crippen LogP contribution is -2.16. The highest BCUT2D eigenvalue weighted by atomic mass is 79.9. The van der Waals surface area contributed by atoms with Crippen molar-refractivity contribution < 1.29 is 0 Å². The number of halogens is 1. The highest BCUT2D eigenvalue weighted by molar-refractivity contribution is 9.10. The minimum atomic E-state index is 0.416. The summed E-state index contributed by atoms with van der Waals surface area (Å²) in [7, 11) is 0. The van der Waals surface area contributed by atoms with E-state index in [2.05, 4.69) is 70.1 Å². The van der Waals surface area contributed by atoms with Crippen molar-refractivity contribution in [2.75, 3.05) is 5.32 Å². The Morgan fingerprint density at radius 3 is 2.48 bits per heavy atom. The van der Waals surface area contributed by atoms with E-state index in [1.54, 1.807) is 0 Å². The van der Waals surface area contributed by atoms with E-state index in [9.17, 15) is 0 Å². The van der Waals surface area contributed by atoms with Crippen molar-refractivity contribution in [3.63, 3.8) is 0 Å². The van der Waals surface area contributed by atoms with Gasteiger partial charge in [0.15, 0.2) is 0 Å². The van der Waals surface area contributed by atoms with E-state index < -0.39 is 0 Å². The predicted molar refractivity (Wildman–Crippen MR) is 91.6 cm³/mol. The van der Waals surface area contributed by atoms with E-state index in [-0.39, 0.29) is 0 Å². The van der Waals surface area contributed by atoms with Gasteiger partial charge in [-0.15, -0.1) is 0 Å². The normalized spacial score (nSPS) is 15.8. The summed E-state index contributed by atoms with van der Waals surface area (Å²) < 4.78 is 3.31. The molecular formula is C17H22BrN3. The van der Waals surface area contributed by atoms with Crippen LogP contribution in [0.25, 0.3) is 11.3 Å². The molecule has 0 amide bonds. The van der Waals surface area contributed by atoms with Gasteiger partial charge in [-0.25, -0.2) is 4.68 Å². The van der Waals surface area contributed by atoms with E-state index in [0.29, 0.717) is 12.1 Å². The van der Waals surface area contributed by atoms with Crippen LogP contribution in [0.1, 0.15) is 45.6 Å². The Hall–Kier alpha value is -1.29. The van der Waals surface area contributed by atoms with Gasteiger partial charge in [0.2, 0.25) is 0 Å². The molecule has 1 heterocycles. The lowest BCUT2D eigenvalue weighted by Gasteiger charge is -2.16. The van der Waals surface area contributed by atoms with E-state index in [0.717, 1.165) is 16.0 Å². The van der Waals surface area contributed by atoms with Crippen molar-refractivity contribution in [2.24, 2.45) is 0 Å². The van der Waals surface area contributed by atoms with Crippen LogP contribution in [0.5, 0.6) is 0 Å². The van der Waals surface area contributed by atoms with Crippen molar-refractivity contribution in [3.05, 3.63) is 34.8 Å². The maximum absolute atomic E-state index is 4.88. The van der Waals surface area contributed by atoms with Crippen molar-refractivity contribution in [2.45, 2.75) is 51.6 Å². The molecule has 2 aromatic rings. The highest BCUT2D eigenvalue weighted by Crippen LogP contribution is 2.34. The minimum absolute atomic E-state index is 0.416. The van der Waals surface area contributed by atoms with Gasteiger partial charge in [-0.1, -0.05) is 40.9 Å². The molecule has 0 atom stereocenters. The monoisotopic (exact) mass is 347 g/mol. The molecule has 0 spiro atoms. The third-order valence-corrected chi connectivity index (χ3v) is 4.51. The van der Waals surface area contributed by atoms with Gasteiger partial charge in [0, 0.05) is 22.1 Å². The van der Waals surface area contributed by atoms with Crippen molar-refractivity contribution in [1.29, 1.82) is 0 Å². The van der Waals surface area contributed by atoms with Gasteiger partial charge in [0.05, 0.1) is 11.7 Å². The van der Waals surface area contributed by atoms with E-state index in [4.69, 9.17) is 5.10 Å². The number of nitrogens with zero attached hydrogens (tertiary/aromatic N) is 2. The van der Waals surface area contributed by atoms with Crippen LogP contribution in [0.2, 0.25) is 0 Å². The number of benzene rings is 1. The molecule has 0 aliphatic heterocycles. The summed E-state index contributed by atoms with van der Waals surface area (Å²) in [6.45, 7) is 4.34. The standard InChI is InChI=1S/C17H22BrN3/c1-12(2)19-17-11-16(13-7-9-14(18)10-8-13)20-21(17)15-5-3-4-6-15/h7-12,15,19H,3-6H2,1-2H3. The number of hydrogen-bond donors (Lipinski definition) is 1. The zero-order valence-corrected chi connectivity index (χ0v) is 14.2. The maximum Gasteiger partial charge on any atom is 0.125 e. The number of hydrogen-bond acceptors (Lipinski definition) is 2. The van der Waals surface area contributed by atoms with E-state index >= 15 is 0 Å². The molecule has 0 saturated heterocycles. The maximum atomic E-state index is 4.88. The first-order chi connectivity index (χ1) is 10.1. The average molecular weight is 348 g/mol. The molecule has 112 valence electrons. The molecule has 1 fully saturated rings. The smallest absolute Gasteiger partial charge is 0.125 e. The Kier molecular flexibility index (Phi) is 4.34. The van der Waals surface area contributed by atoms with Crippen LogP contribution in [0.4, 0.5) is 5.82 Å². The molecule has 1 aliphatic rings. The summed E-state index contributed by atoms with van der Waals surface area (Å²) in [6, 6.07) is 11.5. The van der Waals surface area contributed by atoms with Crippen LogP contribution in [0, 0.1) is 0 Å². The summed E-state index contributed by atoms with van der Waals surface area (Å²) in [5, 5.41) is 8.43. The Labute approximate surface area is 134 Å². The molecule has 3 rings (SSSR count). The lowest BCUT2D eigenvalue weighted by molar-refractivity contribution is 0.471. The third-order valence-electron chi connectivity index (χ3n) is 3.98. The van der Waals surface area contributed by atoms with E-state index in [1.165, 1.54) is 31.2 Å². The SMILES string of the molecule is CC(C)Nc1cc(-c2ccc(Br)cc2)nn1C1CCCC1. The first-order valence-corrected chi connectivity index (χ1v) is 8.55. The largest absolute Gasteiger partial charge is 0.368 e. The second-order valence-corrected chi connectivity index (χ2v) is 7.02. The molecule has 1 aromatic carbocycles. The Balaban J connectivity index is 1.96. The zero-order valence-electron chi connectivity index (χ0n) is 12.6. The molecule has 1 aromatic heterocycles. The number of anilines is 1. The van der Waals surface area contributed by atoms with Crippen LogP contribution in [-0.4, -0.2) is 15.8 Å². The second-order valence-electron chi connectivity index (χ2n) is 6.10. The molecular weight excluding hydrogens is 326 g/mol. The Morgan fingerprint density at radius 1 is 1.19 bits per heavy atom. The lowest BCUT2D eigenvalue weighted by atomic mass is 10.1. The van der Waals surface area contributed by atoms with Gasteiger partial charge < -0.3 is 5.32 Å². The van der Waals surface area contributed by atoms with Gasteiger partial charge in [-0.05, 0) is 38.8 Å². The summed E-state index contributed by atoms with van der Waals surface area (Å²) in [5.41, 5.74) is 2.22. The van der Waals surface area contributed by atoms with Crippen LogP contribution < -0.4 is 5.32 Å². The van der Waals surface area contributed by atoms with E-state index in [1.807, 2.05) is 0 Å². The van der Waals surface area contributed by atoms with Crippen LogP contribution in [-0.2, 0) is 0 Å². The highest BCUT2D eigenvalue weighted by Gasteiger charge is 2.21. The van der Waals surface area contributed by atoms with Crippen molar-refractivity contribution in [3.8, 4) is 11.3 Å². The average Bonchev–Trinajstić information content (AvgIpc) is 3.08. The Morgan fingerprint density at radius 2 is 1.86 bits per heavy atom. The topological polar surface area (TPSA) is 29.9 Å². The predicted octanol–water partition coefficient (Wildman–Crippen LogP) is 5.25. The molecule has 1 aliphatic carbocycles. The van der Waals surface area contributed by atoms with Gasteiger partial charge in [0.25, 0.3) is 0 Å². The Bertz CT molecular complexity index is 595. The molecule has 0 unspecified atom stereocenters. The fourth-order valence-corrected chi connectivity index (χ4v) is 3.25. The number of aromatic nitrogens is 2. The van der Waals surface area contributed by atoms with Gasteiger partial charge >= 0.3 is 0 Å². The summed E-state index contributed by atoms with van der Waals surface area (Å²) >= 11 is 3.49. The summed E-state index contributed by atoms with van der Waals surface area (Å²) in [5.74, 6) is 1.15. The second kappa shape index (κ2) is 6.22. The van der Waals surface area contributed by atoms with Gasteiger partial charge in [-0.3, -0.25) is 0 Å². The molecule has 0 radical (unpaired) electrons. The fourth-order valence-electron chi connectivity index (χ4n) is 2.99. The molecule has 21 heavy (non-hydrogen) atoms. The van der Waals surface area contributed by atoms with Crippen LogP contribution in [0.3, 0.4) is 0 Å². The third kappa shape index (κ3) is 3.31. The van der Waals surface area contributed by atoms with Gasteiger partial charge in [-0.2, -0.15) is 5.10 Å². The minimum Gasteiger partial charge on any atom is -0.368 e. The van der Waals surface area contributed by atoms with Crippen LogP contribution >= 0.6 is 15.9 Å². The van der Waals surface area contributed by atoms with Crippen molar-refractivity contribution in [1.82, 2.24) is 9.78 Å². The van der Waals surface area contributed by atoms with Crippen LogP contribution in [0.15, 0.2) is 34.8 Å². The molecule has 1 N–H and O–H groups in total. The quantitative estimate of drug-likeness (QED) is 0.818.